The van der Waals surface area contributed by atoms with Crippen molar-refractivity contribution < 1.29 is 9.53 Å². The lowest BCUT2D eigenvalue weighted by Crippen LogP contribution is -2.33. The molecular formula is C22H27N3O2. The van der Waals surface area contributed by atoms with Crippen LogP contribution in [0.25, 0.3) is 11.0 Å². The number of benzene rings is 2. The van der Waals surface area contributed by atoms with E-state index in [9.17, 15) is 4.79 Å². The number of carbonyl (C=O) groups excluding carboxylic acids is 1. The van der Waals surface area contributed by atoms with Gasteiger partial charge in [0.05, 0.1) is 30.1 Å². The fourth-order valence-electron chi connectivity index (χ4n) is 3.03. The van der Waals surface area contributed by atoms with E-state index >= 15 is 0 Å². The third-order valence-corrected chi connectivity index (χ3v) is 4.62. The van der Waals surface area contributed by atoms with Crippen LogP contribution < -0.4 is 10.1 Å². The van der Waals surface area contributed by atoms with Crippen LogP contribution in [0.4, 0.5) is 0 Å². The molecule has 5 nitrogen and oxygen atoms in total. The van der Waals surface area contributed by atoms with Crippen molar-refractivity contribution in [3.05, 3.63) is 59.4 Å². The molecule has 1 unspecified atom stereocenters. The van der Waals surface area contributed by atoms with Crippen LogP contribution in [0.2, 0.25) is 0 Å². The van der Waals surface area contributed by atoms with Crippen LogP contribution in [0.1, 0.15) is 43.3 Å². The number of amides is 1. The first-order valence-corrected chi connectivity index (χ1v) is 9.38. The van der Waals surface area contributed by atoms with Gasteiger partial charge in [0, 0.05) is 0 Å². The summed E-state index contributed by atoms with van der Waals surface area (Å²) in [7, 11) is 0. The minimum absolute atomic E-state index is 0.0422. The number of rotatable bonds is 7. The zero-order valence-corrected chi connectivity index (χ0v) is 16.4. The van der Waals surface area contributed by atoms with E-state index in [2.05, 4.69) is 35.2 Å². The second kappa shape index (κ2) is 8.25. The summed E-state index contributed by atoms with van der Waals surface area (Å²) in [5.41, 5.74) is 4.10. The molecule has 3 aromatic rings. The van der Waals surface area contributed by atoms with E-state index in [0.717, 1.165) is 33.7 Å². The Labute approximate surface area is 160 Å². The Kier molecular flexibility index (Phi) is 5.79. The van der Waals surface area contributed by atoms with Gasteiger partial charge in [0.25, 0.3) is 0 Å². The zero-order chi connectivity index (χ0) is 19.4. The van der Waals surface area contributed by atoms with Crippen LogP contribution in [0.5, 0.6) is 5.75 Å². The number of nitrogens with zero attached hydrogens (tertiary/aromatic N) is 1. The van der Waals surface area contributed by atoms with Gasteiger partial charge in [-0.15, -0.1) is 0 Å². The summed E-state index contributed by atoms with van der Waals surface area (Å²) >= 11 is 0. The van der Waals surface area contributed by atoms with Gasteiger partial charge in [-0.05, 0) is 49.1 Å². The number of nitrogens with one attached hydrogen (secondary N) is 2. The molecule has 0 aliphatic heterocycles. The second-order valence-electron chi connectivity index (χ2n) is 7.30. The molecule has 1 aromatic heterocycles. The first-order chi connectivity index (χ1) is 12.9. The Morgan fingerprint density at radius 3 is 2.70 bits per heavy atom. The highest BCUT2D eigenvalue weighted by atomic mass is 16.5. The van der Waals surface area contributed by atoms with Gasteiger partial charge in [-0.3, -0.25) is 4.79 Å². The van der Waals surface area contributed by atoms with Crippen molar-refractivity contribution in [3.63, 3.8) is 0 Å². The number of aromatic nitrogens is 2. The average molecular weight is 365 g/mol. The highest BCUT2D eigenvalue weighted by Gasteiger charge is 2.21. The van der Waals surface area contributed by atoms with E-state index in [4.69, 9.17) is 4.74 Å². The third kappa shape index (κ3) is 4.67. The molecule has 1 amide bonds. The van der Waals surface area contributed by atoms with Crippen LogP contribution in [0, 0.1) is 19.8 Å². The van der Waals surface area contributed by atoms with Gasteiger partial charge in [-0.25, -0.2) is 4.98 Å². The van der Waals surface area contributed by atoms with Crippen LogP contribution in [-0.2, 0) is 4.79 Å². The maximum Gasteiger partial charge on any atom is 0.224 e. The summed E-state index contributed by atoms with van der Waals surface area (Å²) in [6.45, 7) is 8.53. The number of para-hydroxylation sites is 2. The highest BCUT2D eigenvalue weighted by molar-refractivity contribution is 5.77. The van der Waals surface area contributed by atoms with Crippen LogP contribution in [0.15, 0.2) is 42.5 Å². The van der Waals surface area contributed by atoms with E-state index < -0.39 is 0 Å². The van der Waals surface area contributed by atoms with E-state index in [-0.39, 0.29) is 17.9 Å². The number of aryl methyl sites for hydroxylation is 2. The number of fused-ring (bicyclic) bond motifs is 1. The molecule has 27 heavy (non-hydrogen) atoms. The maximum atomic E-state index is 12.5. The topological polar surface area (TPSA) is 67.0 Å². The molecule has 1 atom stereocenters. The largest absolute Gasteiger partial charge is 0.493 e. The molecule has 0 fully saturated rings. The number of aromatic amines is 1. The molecule has 142 valence electrons. The molecule has 2 aromatic carbocycles. The van der Waals surface area contributed by atoms with Crippen molar-refractivity contribution in [3.8, 4) is 5.75 Å². The summed E-state index contributed by atoms with van der Waals surface area (Å²) < 4.78 is 5.80. The first kappa shape index (κ1) is 19.0. The molecule has 0 aliphatic rings. The molecule has 1 heterocycles. The smallest absolute Gasteiger partial charge is 0.224 e. The van der Waals surface area contributed by atoms with Crippen molar-refractivity contribution in [1.82, 2.24) is 15.3 Å². The van der Waals surface area contributed by atoms with Crippen molar-refractivity contribution in [1.29, 1.82) is 0 Å². The molecule has 0 aliphatic carbocycles. The monoisotopic (exact) mass is 365 g/mol. The molecule has 0 radical (unpaired) electrons. The number of hydrogen-bond donors (Lipinski definition) is 2. The van der Waals surface area contributed by atoms with Crippen LogP contribution in [0.3, 0.4) is 0 Å². The summed E-state index contributed by atoms with van der Waals surface area (Å²) in [6.07, 6.45) is 0.302. The van der Waals surface area contributed by atoms with Crippen LogP contribution in [-0.4, -0.2) is 22.5 Å². The Bertz CT molecular complexity index is 897. The fraction of sp³-hybridized carbons (Fsp3) is 0.364. The Hall–Kier alpha value is -2.82. The van der Waals surface area contributed by atoms with Gasteiger partial charge in [0.15, 0.2) is 0 Å². The molecule has 0 saturated carbocycles. The SMILES string of the molecule is Cc1ccc(C)c(OCCC(=O)NC(c2nc3ccccc3[nH]2)C(C)C)c1. The van der Waals surface area contributed by atoms with Crippen molar-refractivity contribution in [2.24, 2.45) is 5.92 Å². The average Bonchev–Trinajstić information content (AvgIpc) is 3.06. The van der Waals surface area contributed by atoms with Gasteiger partial charge in [-0.2, -0.15) is 0 Å². The second-order valence-corrected chi connectivity index (χ2v) is 7.30. The third-order valence-electron chi connectivity index (χ3n) is 4.62. The predicted octanol–water partition coefficient (Wildman–Crippen LogP) is 4.46. The number of hydrogen-bond acceptors (Lipinski definition) is 3. The summed E-state index contributed by atoms with van der Waals surface area (Å²) in [6, 6.07) is 13.8. The van der Waals surface area contributed by atoms with Crippen molar-refractivity contribution >= 4 is 16.9 Å². The summed E-state index contributed by atoms with van der Waals surface area (Å²) in [4.78, 5) is 20.4. The lowest BCUT2D eigenvalue weighted by atomic mass is 10.0. The van der Waals surface area contributed by atoms with Crippen LogP contribution >= 0.6 is 0 Å². The molecular weight excluding hydrogens is 338 g/mol. The lowest BCUT2D eigenvalue weighted by molar-refractivity contribution is -0.122. The van der Waals surface area contributed by atoms with Crippen molar-refractivity contribution in [2.45, 2.75) is 40.2 Å². The van der Waals surface area contributed by atoms with Gasteiger partial charge >= 0.3 is 0 Å². The molecule has 0 bridgehead atoms. The normalized spacial score (nSPS) is 12.3. The highest BCUT2D eigenvalue weighted by Crippen LogP contribution is 2.23. The van der Waals surface area contributed by atoms with Gasteiger partial charge in [0.1, 0.15) is 11.6 Å². The van der Waals surface area contributed by atoms with E-state index in [1.807, 2.05) is 50.2 Å². The molecule has 3 rings (SSSR count). The summed E-state index contributed by atoms with van der Waals surface area (Å²) in [5, 5.41) is 3.09. The van der Waals surface area contributed by atoms with Crippen molar-refractivity contribution in [2.75, 3.05) is 6.61 Å². The Morgan fingerprint density at radius 2 is 1.96 bits per heavy atom. The number of carbonyl (C=O) groups is 1. The van der Waals surface area contributed by atoms with E-state index in [1.165, 1.54) is 0 Å². The number of imidazole rings is 1. The standard InChI is InChI=1S/C22H27N3O2/c1-14(2)21(22-23-17-7-5-6-8-18(17)24-22)25-20(26)11-12-27-19-13-15(3)9-10-16(19)4/h5-10,13-14,21H,11-12H2,1-4H3,(H,23,24)(H,25,26). The molecule has 0 saturated heterocycles. The number of H-pyrrole nitrogens is 1. The van der Waals surface area contributed by atoms with E-state index in [1.54, 1.807) is 0 Å². The number of ether oxygens (including phenoxy) is 1. The fourth-order valence-corrected chi connectivity index (χ4v) is 3.03. The lowest BCUT2D eigenvalue weighted by Gasteiger charge is -2.20. The maximum absolute atomic E-state index is 12.5. The zero-order valence-electron chi connectivity index (χ0n) is 16.4. The van der Waals surface area contributed by atoms with Gasteiger partial charge in [0.2, 0.25) is 5.91 Å². The van der Waals surface area contributed by atoms with Gasteiger partial charge < -0.3 is 15.0 Å². The Morgan fingerprint density at radius 1 is 1.19 bits per heavy atom. The molecule has 5 heteroatoms. The predicted molar refractivity (Wildman–Crippen MR) is 108 cm³/mol. The minimum Gasteiger partial charge on any atom is -0.493 e. The quantitative estimate of drug-likeness (QED) is 0.649. The molecule has 0 spiro atoms. The molecule has 2 N–H and O–H groups in total. The summed E-state index contributed by atoms with van der Waals surface area (Å²) in [5.74, 6) is 1.80. The minimum atomic E-state index is -0.161. The first-order valence-electron chi connectivity index (χ1n) is 9.38. The Balaban J connectivity index is 1.61. The van der Waals surface area contributed by atoms with E-state index in [0.29, 0.717) is 13.0 Å². The van der Waals surface area contributed by atoms with Gasteiger partial charge in [-0.1, -0.05) is 38.1 Å².